The van der Waals surface area contributed by atoms with Crippen molar-refractivity contribution in [3.8, 4) is 11.6 Å². The molecule has 0 radical (unpaired) electrons. The Kier molecular flexibility index (Phi) is 8.62. The molecule has 4 heterocycles. The van der Waals surface area contributed by atoms with Gasteiger partial charge in [-0.05, 0) is 103 Å². The van der Waals surface area contributed by atoms with Gasteiger partial charge in [-0.1, -0.05) is 0 Å². The minimum atomic E-state index is -0.505. The number of hydrogen-bond donors (Lipinski definition) is 1. The van der Waals surface area contributed by atoms with Gasteiger partial charge in [-0.3, -0.25) is 4.79 Å². The lowest BCUT2D eigenvalue weighted by Gasteiger charge is -2.54. The van der Waals surface area contributed by atoms with Crippen LogP contribution in [0.5, 0.6) is 11.6 Å². The number of halogens is 1. The SMILES string of the molecule is CC(C)N(C(=O)c1cc(F)ccc1Oc1nncnc1N1CC2(CCN(C[C@H]3CC[C@@]4(CC3)CN(C)C(=O)N4)CC2)C1)C(C)C. The van der Waals surface area contributed by atoms with E-state index in [2.05, 4.69) is 30.3 Å². The molecule has 3 amide bonds. The van der Waals surface area contributed by atoms with E-state index in [1.165, 1.54) is 37.4 Å². The van der Waals surface area contributed by atoms with Gasteiger partial charge in [-0.15, -0.1) is 10.2 Å². The van der Waals surface area contributed by atoms with Crippen LogP contribution < -0.4 is 15.0 Å². The average molecular weight is 623 g/mol. The number of carbonyl (C=O) groups excluding carboxylic acids is 2. The van der Waals surface area contributed by atoms with Crippen LogP contribution in [0.4, 0.5) is 15.0 Å². The maximum atomic E-state index is 14.3. The average Bonchev–Trinajstić information content (AvgIpc) is 3.26. The Labute approximate surface area is 265 Å². The molecule has 2 aromatic rings. The summed E-state index contributed by atoms with van der Waals surface area (Å²) in [5.41, 5.74) is 0.369. The monoisotopic (exact) mass is 622 g/mol. The van der Waals surface area contributed by atoms with E-state index >= 15 is 0 Å². The largest absolute Gasteiger partial charge is 0.434 e. The molecule has 11 nitrogen and oxygen atoms in total. The number of nitrogens with one attached hydrogen (secondary N) is 1. The second-order valence-electron chi connectivity index (χ2n) is 14.4. The molecule has 0 atom stereocenters. The van der Waals surface area contributed by atoms with Gasteiger partial charge in [0.25, 0.3) is 11.8 Å². The number of nitrogens with zero attached hydrogens (tertiary/aromatic N) is 7. The van der Waals surface area contributed by atoms with E-state index < -0.39 is 5.82 Å². The number of hydrogen-bond acceptors (Lipinski definition) is 8. The van der Waals surface area contributed by atoms with Crippen LogP contribution in [0.3, 0.4) is 0 Å². The molecule has 0 bridgehead atoms. The Morgan fingerprint density at radius 2 is 1.78 bits per heavy atom. The lowest BCUT2D eigenvalue weighted by Crippen LogP contribution is -2.61. The Balaban J connectivity index is 1.05. The molecule has 12 heteroatoms. The smallest absolute Gasteiger partial charge is 0.317 e. The summed E-state index contributed by atoms with van der Waals surface area (Å²) in [7, 11) is 1.88. The number of anilines is 1. The predicted molar refractivity (Wildman–Crippen MR) is 169 cm³/mol. The fraction of sp³-hybridized carbons (Fsp3) is 0.667. The summed E-state index contributed by atoms with van der Waals surface area (Å²) < 4.78 is 20.5. The van der Waals surface area contributed by atoms with Crippen molar-refractivity contribution in [1.82, 2.24) is 35.2 Å². The second-order valence-corrected chi connectivity index (χ2v) is 14.4. The van der Waals surface area contributed by atoms with Crippen molar-refractivity contribution in [2.45, 2.75) is 83.8 Å². The lowest BCUT2D eigenvalue weighted by atomic mass is 9.71. The fourth-order valence-corrected chi connectivity index (χ4v) is 8.00. The number of ether oxygens (including phenoxy) is 1. The van der Waals surface area contributed by atoms with Gasteiger partial charge in [-0.2, -0.15) is 0 Å². The molecular weight excluding hydrogens is 575 g/mol. The third-order valence-corrected chi connectivity index (χ3v) is 10.4. The van der Waals surface area contributed by atoms with Crippen LogP contribution in [0.2, 0.25) is 0 Å². The van der Waals surface area contributed by atoms with Crippen molar-refractivity contribution in [1.29, 1.82) is 0 Å². The number of likely N-dealkylation sites (tertiary alicyclic amines) is 1. The Bertz CT molecular complexity index is 1390. The van der Waals surface area contributed by atoms with E-state index in [1.54, 1.807) is 4.90 Å². The number of amides is 3. The minimum Gasteiger partial charge on any atom is -0.434 e. The van der Waals surface area contributed by atoms with Gasteiger partial charge in [0.05, 0.1) is 11.1 Å². The summed E-state index contributed by atoms with van der Waals surface area (Å²) in [6.45, 7) is 13.6. The first-order valence-corrected chi connectivity index (χ1v) is 16.4. The molecule has 1 saturated carbocycles. The quantitative estimate of drug-likeness (QED) is 0.457. The summed E-state index contributed by atoms with van der Waals surface area (Å²) in [6.07, 6.45) is 8.15. The number of urea groups is 1. The zero-order chi connectivity index (χ0) is 31.9. The Morgan fingerprint density at radius 1 is 1.09 bits per heavy atom. The Morgan fingerprint density at radius 3 is 2.40 bits per heavy atom. The molecule has 1 aromatic heterocycles. The number of aromatic nitrogens is 3. The molecule has 0 unspecified atom stereocenters. The maximum Gasteiger partial charge on any atom is 0.317 e. The highest BCUT2D eigenvalue weighted by molar-refractivity contribution is 5.97. The third kappa shape index (κ3) is 6.43. The summed E-state index contributed by atoms with van der Waals surface area (Å²) >= 11 is 0. The normalized spacial score (nSPS) is 24.8. The molecule has 3 saturated heterocycles. The molecule has 244 valence electrons. The van der Waals surface area contributed by atoms with Crippen LogP contribution in [0.25, 0.3) is 0 Å². The first-order chi connectivity index (χ1) is 21.5. The van der Waals surface area contributed by atoms with Crippen LogP contribution in [-0.4, -0.2) is 106 Å². The number of rotatable bonds is 8. The van der Waals surface area contributed by atoms with Crippen LogP contribution in [0.1, 0.15) is 76.6 Å². The zero-order valence-corrected chi connectivity index (χ0v) is 27.3. The van der Waals surface area contributed by atoms with E-state index in [0.29, 0.717) is 11.7 Å². The van der Waals surface area contributed by atoms with Crippen molar-refractivity contribution in [2.75, 3.05) is 51.2 Å². The van der Waals surface area contributed by atoms with Gasteiger partial charge in [0, 0.05) is 50.7 Å². The highest BCUT2D eigenvalue weighted by Gasteiger charge is 2.47. The van der Waals surface area contributed by atoms with E-state index in [4.69, 9.17) is 4.74 Å². The summed E-state index contributed by atoms with van der Waals surface area (Å²) in [5.74, 6) is 0.920. The van der Waals surface area contributed by atoms with Crippen molar-refractivity contribution in [2.24, 2.45) is 11.3 Å². The van der Waals surface area contributed by atoms with Crippen LogP contribution in [0, 0.1) is 17.2 Å². The summed E-state index contributed by atoms with van der Waals surface area (Å²) in [4.78, 5) is 38.4. The number of benzene rings is 1. The van der Waals surface area contributed by atoms with Crippen molar-refractivity contribution >= 4 is 17.8 Å². The topological polar surface area (TPSA) is 107 Å². The van der Waals surface area contributed by atoms with Gasteiger partial charge >= 0.3 is 6.03 Å². The van der Waals surface area contributed by atoms with Crippen LogP contribution in [0.15, 0.2) is 24.5 Å². The predicted octanol–water partition coefficient (Wildman–Crippen LogP) is 4.55. The van der Waals surface area contributed by atoms with Gasteiger partial charge < -0.3 is 29.7 Å². The van der Waals surface area contributed by atoms with Crippen LogP contribution in [-0.2, 0) is 0 Å². The molecule has 1 aliphatic carbocycles. The molecule has 1 aromatic carbocycles. The van der Waals surface area contributed by atoms with E-state index in [-0.39, 0.29) is 52.2 Å². The summed E-state index contributed by atoms with van der Waals surface area (Å²) in [6, 6.07) is 3.92. The molecule has 45 heavy (non-hydrogen) atoms. The zero-order valence-electron chi connectivity index (χ0n) is 27.3. The number of piperidine rings is 1. The molecule has 4 aliphatic rings. The molecular formula is C33H47FN8O3. The molecule has 4 fully saturated rings. The van der Waals surface area contributed by atoms with Gasteiger partial charge in [0.1, 0.15) is 17.9 Å². The lowest BCUT2D eigenvalue weighted by molar-refractivity contribution is 0.0584. The molecule has 3 aliphatic heterocycles. The van der Waals surface area contributed by atoms with Crippen molar-refractivity contribution < 1.29 is 18.7 Å². The first-order valence-electron chi connectivity index (χ1n) is 16.4. The number of likely N-dealkylation sites (N-methyl/N-ethyl adjacent to an activating group) is 1. The number of carbonyl (C=O) groups is 2. The standard InChI is InChI=1S/C33H47FN8O3/c1-22(2)42(23(3)4)30(43)26-16-25(34)6-7-27(26)45-29-28(35-21-36-38-29)41-18-32(19-41)12-14-40(15-13-32)17-24-8-10-33(11-9-24)20-39(5)31(44)37-33/h6-7,16,21-24H,8-15,17-20H2,1-5H3,(H,37,44)/t24-,33+. The van der Waals surface area contributed by atoms with Gasteiger partial charge in [0.2, 0.25) is 0 Å². The van der Waals surface area contributed by atoms with E-state index in [9.17, 15) is 14.0 Å². The second kappa shape index (κ2) is 12.3. The fourth-order valence-electron chi connectivity index (χ4n) is 8.00. The third-order valence-electron chi connectivity index (χ3n) is 10.4. The molecule has 2 spiro atoms. The van der Waals surface area contributed by atoms with Crippen molar-refractivity contribution in [3.63, 3.8) is 0 Å². The highest BCUT2D eigenvalue weighted by Crippen LogP contribution is 2.45. The van der Waals surface area contributed by atoms with Crippen LogP contribution >= 0.6 is 0 Å². The molecule has 6 rings (SSSR count). The van der Waals surface area contributed by atoms with E-state index in [1.807, 2.05) is 39.6 Å². The van der Waals surface area contributed by atoms with Gasteiger partial charge in [-0.25, -0.2) is 14.2 Å². The minimum absolute atomic E-state index is 0.0155. The molecule has 1 N–H and O–H groups in total. The van der Waals surface area contributed by atoms with Gasteiger partial charge in [0.15, 0.2) is 5.82 Å². The van der Waals surface area contributed by atoms with E-state index in [0.717, 1.165) is 65.0 Å². The van der Waals surface area contributed by atoms with Crippen molar-refractivity contribution in [3.05, 3.63) is 35.9 Å². The Hall–Kier alpha value is -3.54. The summed E-state index contributed by atoms with van der Waals surface area (Å²) in [5, 5.41) is 11.4. The highest BCUT2D eigenvalue weighted by atomic mass is 19.1. The maximum absolute atomic E-state index is 14.3. The first kappa shape index (κ1) is 31.4.